The van der Waals surface area contributed by atoms with E-state index >= 15 is 4.39 Å². The van der Waals surface area contributed by atoms with Crippen LogP contribution >= 0.6 is 0 Å². The van der Waals surface area contributed by atoms with Crippen LogP contribution in [0.1, 0.15) is 32.3 Å². The van der Waals surface area contributed by atoms with E-state index in [1.807, 2.05) is 20.8 Å². The largest absolute Gasteiger partial charge is 0.471 e. The first-order chi connectivity index (χ1) is 20.7. The number of halogens is 1. The lowest BCUT2D eigenvalue weighted by Gasteiger charge is -2.36. The van der Waals surface area contributed by atoms with Crippen LogP contribution in [-0.2, 0) is 14.6 Å². The summed E-state index contributed by atoms with van der Waals surface area (Å²) in [5.41, 5.74) is 6.53. The lowest BCUT2D eigenvalue weighted by Crippen LogP contribution is -2.55. The first-order valence-corrected chi connectivity index (χ1v) is 16.8. The molecule has 2 fully saturated rings. The molecule has 226 valence electrons. The smallest absolute Gasteiger partial charge is 0.398 e. The Labute approximate surface area is 256 Å². The third kappa shape index (κ3) is 4.47. The molecular formula is C30H31FN7O4SSi+. The number of pyridine rings is 2. The molecule has 4 aromatic rings. The number of aromatic nitrogens is 4. The third-order valence-corrected chi connectivity index (χ3v) is 11.7. The van der Waals surface area contributed by atoms with E-state index in [4.69, 9.17) is 10.7 Å². The van der Waals surface area contributed by atoms with Gasteiger partial charge in [0.1, 0.15) is 11.1 Å². The molecule has 0 aliphatic carbocycles. The first-order valence-electron chi connectivity index (χ1n) is 14.0. The van der Waals surface area contributed by atoms with Gasteiger partial charge in [-0.15, -0.1) is 4.98 Å². The number of nitrogens with two attached hydrogens (primary N) is 1. The van der Waals surface area contributed by atoms with E-state index < -0.39 is 26.5 Å². The van der Waals surface area contributed by atoms with Crippen molar-refractivity contribution >= 4 is 48.0 Å². The van der Waals surface area contributed by atoms with Crippen molar-refractivity contribution in [3.63, 3.8) is 0 Å². The van der Waals surface area contributed by atoms with Crippen LogP contribution < -0.4 is 15.6 Å². The summed E-state index contributed by atoms with van der Waals surface area (Å²) in [5.74, 6) is -0.722. The van der Waals surface area contributed by atoms with Crippen LogP contribution in [0.5, 0.6) is 0 Å². The predicted octanol–water partition coefficient (Wildman–Crippen LogP) is 2.78. The van der Waals surface area contributed by atoms with Gasteiger partial charge in [-0.25, -0.2) is 27.2 Å². The van der Waals surface area contributed by atoms with Gasteiger partial charge < -0.3 is 14.8 Å². The standard InChI is InChI=1S/C30H31FN7O4SSi/c1-6-24(39)36-12-13-38(30(4,16-36)44-38)28-19-14-21(31)25(20-15-33-11-10-22(20)32)34-27(19)37(29(40)35-28)26-18(17(2)3)8-7-9-23(26)43(5,41)42/h6-11,14-15,17H,1,12-13,16H2,2-5H3,(H2,32,33)/q+1/t30-,38?/m0/s1. The third-order valence-electron chi connectivity index (χ3n) is 8.46. The average Bonchev–Trinajstić information content (AvgIpc) is 3.61. The summed E-state index contributed by atoms with van der Waals surface area (Å²) in [7, 11) is -3.58. The number of hydrogen-bond acceptors (Lipinski definition) is 8. The Morgan fingerprint density at radius 1 is 1.27 bits per heavy atom. The topological polar surface area (TPSA) is 141 Å². The summed E-state index contributed by atoms with van der Waals surface area (Å²) in [6, 6.07) is 7.63. The van der Waals surface area contributed by atoms with Crippen molar-refractivity contribution in [2.45, 2.75) is 36.7 Å². The summed E-state index contributed by atoms with van der Waals surface area (Å²) in [4.78, 5) is 41.7. The van der Waals surface area contributed by atoms with Crippen LogP contribution in [0.25, 0.3) is 28.0 Å². The van der Waals surface area contributed by atoms with Gasteiger partial charge in [-0.1, -0.05) is 32.6 Å². The van der Waals surface area contributed by atoms with Crippen molar-refractivity contribution in [1.82, 2.24) is 28.6 Å². The van der Waals surface area contributed by atoms with Crippen molar-refractivity contribution in [3.8, 4) is 16.9 Å². The number of hydrogen-bond donors (Lipinski definition) is 1. The molecule has 2 aliphatic heterocycles. The molecule has 2 N–H and O–H groups in total. The Kier molecular flexibility index (Phi) is 6.86. The maximum Gasteiger partial charge on any atom is 0.471 e. The molecule has 3 aromatic heterocycles. The number of para-hydroxylation sites is 1. The fourth-order valence-electron chi connectivity index (χ4n) is 6.21. The van der Waals surface area contributed by atoms with E-state index in [9.17, 15) is 18.0 Å². The van der Waals surface area contributed by atoms with Crippen LogP contribution in [0.2, 0.25) is 0 Å². The molecule has 5 heterocycles. The molecule has 2 aliphatic rings. The predicted molar refractivity (Wildman–Crippen MR) is 168 cm³/mol. The van der Waals surface area contributed by atoms with Gasteiger partial charge in [0, 0.05) is 29.9 Å². The number of benzene rings is 1. The summed E-state index contributed by atoms with van der Waals surface area (Å²) >= 11 is 0. The SMILES string of the molecule is C=CC(=O)N1CC[N+]2(c3nc(=O)n(-c4c(C(C)C)cccc4S(C)(=O)=O)c4nc(-c5cnccc5N)c(F)cc34)[Si][C@@]2(C)C1. The number of nitrogen functional groups attached to an aromatic ring is 1. The lowest BCUT2D eigenvalue weighted by atomic mass is 10.0. The number of carbonyl (C=O) groups excluding carboxylic acids is 1. The molecule has 6 rings (SSSR count). The molecule has 0 bridgehead atoms. The highest BCUT2D eigenvalue weighted by atomic mass is 32.2. The Morgan fingerprint density at radius 2 is 2.02 bits per heavy atom. The Morgan fingerprint density at radius 3 is 2.66 bits per heavy atom. The van der Waals surface area contributed by atoms with Crippen molar-refractivity contribution < 1.29 is 17.6 Å². The zero-order chi connectivity index (χ0) is 31.8. The Bertz CT molecular complexity index is 2070. The number of anilines is 1. The van der Waals surface area contributed by atoms with Gasteiger partial charge in [-0.3, -0.25) is 9.78 Å². The Hall–Kier alpha value is -4.27. The summed E-state index contributed by atoms with van der Waals surface area (Å²) in [6.07, 6.45) is 5.22. The molecule has 1 amide bonds. The molecule has 1 unspecified atom stereocenters. The summed E-state index contributed by atoms with van der Waals surface area (Å²) in [6.45, 7) is 10.7. The van der Waals surface area contributed by atoms with Crippen LogP contribution in [0, 0.1) is 5.82 Å². The number of sulfone groups is 1. The number of piperazine rings is 1. The van der Waals surface area contributed by atoms with Gasteiger partial charge in [0.15, 0.2) is 26.5 Å². The van der Waals surface area contributed by atoms with E-state index in [-0.39, 0.29) is 64.2 Å². The van der Waals surface area contributed by atoms with E-state index in [1.165, 1.54) is 41.2 Å². The fraction of sp³-hybridized carbons (Fsp3) is 0.300. The zero-order valence-electron chi connectivity index (χ0n) is 24.7. The fourth-order valence-corrected chi connectivity index (χ4v) is 8.91. The molecule has 44 heavy (non-hydrogen) atoms. The minimum absolute atomic E-state index is 0.0498. The van der Waals surface area contributed by atoms with Gasteiger partial charge >= 0.3 is 15.4 Å². The van der Waals surface area contributed by atoms with Crippen molar-refractivity contribution in [2.24, 2.45) is 0 Å². The molecule has 1 aromatic carbocycles. The van der Waals surface area contributed by atoms with Crippen molar-refractivity contribution in [1.29, 1.82) is 0 Å². The van der Waals surface area contributed by atoms with E-state index in [2.05, 4.69) is 16.5 Å². The molecule has 2 saturated heterocycles. The summed E-state index contributed by atoms with van der Waals surface area (Å²) in [5, 5.41) is -0.183. The van der Waals surface area contributed by atoms with Crippen LogP contribution in [0.3, 0.4) is 0 Å². The van der Waals surface area contributed by atoms with Crippen LogP contribution in [0.15, 0.2) is 65.1 Å². The highest BCUT2D eigenvalue weighted by Crippen LogP contribution is 2.49. The highest BCUT2D eigenvalue weighted by molar-refractivity contribution is 7.90. The quantitative estimate of drug-likeness (QED) is 0.194. The molecule has 2 atom stereocenters. The second-order valence-corrected chi connectivity index (χ2v) is 15.8. The number of quaternary nitrogens is 1. The maximum absolute atomic E-state index is 16.1. The van der Waals surface area contributed by atoms with E-state index in [1.54, 1.807) is 17.0 Å². The van der Waals surface area contributed by atoms with Crippen LogP contribution in [0.4, 0.5) is 15.9 Å². The molecule has 2 radical (unpaired) electrons. The highest BCUT2D eigenvalue weighted by Gasteiger charge is 2.75. The van der Waals surface area contributed by atoms with Gasteiger partial charge in [0.25, 0.3) is 0 Å². The number of amides is 1. The van der Waals surface area contributed by atoms with Crippen molar-refractivity contribution in [3.05, 3.63) is 77.2 Å². The van der Waals surface area contributed by atoms with Gasteiger partial charge in [-0.05, 0) is 42.7 Å². The zero-order valence-corrected chi connectivity index (χ0v) is 26.5. The molecule has 14 heteroatoms. The van der Waals surface area contributed by atoms with Gasteiger partial charge in [0.05, 0.1) is 30.2 Å². The maximum atomic E-state index is 16.1. The second kappa shape index (κ2) is 10.1. The normalized spacial score (nSPS) is 21.4. The number of rotatable bonds is 6. The van der Waals surface area contributed by atoms with Crippen molar-refractivity contribution in [2.75, 3.05) is 31.6 Å². The first kappa shape index (κ1) is 29.8. The monoisotopic (exact) mass is 632 g/mol. The second-order valence-electron chi connectivity index (χ2n) is 11.7. The number of nitrogens with zero attached hydrogens (tertiary/aromatic N) is 6. The minimum atomic E-state index is -3.83. The Balaban J connectivity index is 1.71. The van der Waals surface area contributed by atoms with Gasteiger partial charge in [-0.2, -0.15) is 0 Å². The minimum Gasteiger partial charge on any atom is -0.398 e. The lowest BCUT2D eigenvalue weighted by molar-refractivity contribution is -0.127. The average molecular weight is 633 g/mol. The molecule has 11 nitrogen and oxygen atoms in total. The molecule has 0 spiro atoms. The van der Waals surface area contributed by atoms with Crippen LogP contribution in [-0.4, -0.2) is 79.5 Å². The van der Waals surface area contributed by atoms with E-state index in [0.29, 0.717) is 31.0 Å². The number of fused-ring (bicyclic) bond motifs is 2. The van der Waals surface area contributed by atoms with E-state index in [0.717, 1.165) is 6.26 Å². The molecular weight excluding hydrogens is 602 g/mol. The van der Waals surface area contributed by atoms with Gasteiger partial charge in [0.2, 0.25) is 11.7 Å². The molecule has 0 saturated carbocycles. The summed E-state index contributed by atoms with van der Waals surface area (Å²) < 4.78 is 43.7. The number of carbonyl (C=O) groups is 1.